The number of nitrogens with zero attached hydrogens (tertiary/aromatic N) is 1. The Bertz CT molecular complexity index is 408. The summed E-state index contributed by atoms with van der Waals surface area (Å²) in [5.41, 5.74) is 1.89. The molecule has 0 radical (unpaired) electrons. The minimum absolute atomic E-state index is 0.282. The molecule has 1 aliphatic heterocycles. The van der Waals surface area contributed by atoms with Gasteiger partial charge in [-0.25, -0.2) is 8.78 Å². The molecule has 2 rings (SSSR count). The lowest BCUT2D eigenvalue weighted by Crippen LogP contribution is -2.07. The molecule has 74 valence electrons. The second-order valence-electron chi connectivity index (χ2n) is 3.82. The zero-order chi connectivity index (χ0) is 10.3. The van der Waals surface area contributed by atoms with Gasteiger partial charge < -0.3 is 0 Å². The molecule has 0 bridgehead atoms. The average Bonchev–Trinajstić information content (AvgIpc) is 2.47. The maximum atomic E-state index is 13.3. The molecule has 0 spiro atoms. The predicted octanol–water partition coefficient (Wildman–Crippen LogP) is 3.25. The summed E-state index contributed by atoms with van der Waals surface area (Å²) in [6, 6.07) is 2.20. The Morgan fingerprint density at radius 2 is 2.00 bits per heavy atom. The van der Waals surface area contributed by atoms with Crippen LogP contribution in [0.4, 0.5) is 14.5 Å². The zero-order valence-corrected chi connectivity index (χ0v) is 8.14. The van der Waals surface area contributed by atoms with Crippen molar-refractivity contribution in [2.24, 2.45) is 10.9 Å². The average molecular weight is 195 g/mol. The van der Waals surface area contributed by atoms with E-state index >= 15 is 0 Å². The molecule has 1 aromatic carbocycles. The molecule has 14 heavy (non-hydrogen) atoms. The summed E-state index contributed by atoms with van der Waals surface area (Å²) in [5.74, 6) is -0.765. The summed E-state index contributed by atoms with van der Waals surface area (Å²) in [6.45, 7) is 4.00. The summed E-state index contributed by atoms with van der Waals surface area (Å²) < 4.78 is 26.1. The maximum absolute atomic E-state index is 13.3. The van der Waals surface area contributed by atoms with Gasteiger partial charge in [0.25, 0.3) is 0 Å². The Morgan fingerprint density at radius 3 is 2.64 bits per heavy atom. The van der Waals surface area contributed by atoms with Crippen LogP contribution in [0.5, 0.6) is 0 Å². The van der Waals surface area contributed by atoms with E-state index in [9.17, 15) is 8.78 Å². The lowest BCUT2D eigenvalue weighted by atomic mass is 10.0. The molecule has 0 N–H and O–H groups in total. The van der Waals surface area contributed by atoms with Gasteiger partial charge in [-0.05, 0) is 12.0 Å². The summed E-state index contributed by atoms with van der Waals surface area (Å²) in [6.07, 6.45) is 0.513. The number of rotatable bonds is 1. The first-order valence-electron chi connectivity index (χ1n) is 4.63. The Labute approximate surface area is 81.5 Å². The number of hydrogen-bond donors (Lipinski definition) is 0. The fraction of sp³-hybridized carbons (Fsp3) is 0.364. The summed E-state index contributed by atoms with van der Waals surface area (Å²) in [4.78, 5) is 4.21. The maximum Gasteiger partial charge on any atom is 0.131 e. The van der Waals surface area contributed by atoms with Crippen LogP contribution in [0.25, 0.3) is 0 Å². The molecule has 0 saturated carbocycles. The van der Waals surface area contributed by atoms with Crippen molar-refractivity contribution in [1.29, 1.82) is 0 Å². The molecule has 0 atom stereocenters. The van der Waals surface area contributed by atoms with Crippen LogP contribution in [0.15, 0.2) is 17.1 Å². The second kappa shape index (κ2) is 3.15. The number of benzene rings is 1. The normalized spacial score (nSPS) is 14.5. The van der Waals surface area contributed by atoms with Crippen LogP contribution in [-0.4, -0.2) is 5.71 Å². The van der Waals surface area contributed by atoms with E-state index in [2.05, 4.69) is 4.99 Å². The van der Waals surface area contributed by atoms with E-state index < -0.39 is 11.6 Å². The Hall–Kier alpha value is -1.25. The van der Waals surface area contributed by atoms with Gasteiger partial charge in [0.1, 0.15) is 11.6 Å². The first-order chi connectivity index (χ1) is 6.58. The van der Waals surface area contributed by atoms with Gasteiger partial charge in [-0.2, -0.15) is 0 Å². The minimum atomic E-state index is -0.560. The van der Waals surface area contributed by atoms with E-state index in [1.807, 2.05) is 13.8 Å². The van der Waals surface area contributed by atoms with Gasteiger partial charge in [-0.1, -0.05) is 13.8 Å². The summed E-state index contributed by atoms with van der Waals surface area (Å²) in [5, 5.41) is 0. The van der Waals surface area contributed by atoms with Gasteiger partial charge in [0.05, 0.1) is 5.69 Å². The molecular weight excluding hydrogens is 184 g/mol. The van der Waals surface area contributed by atoms with E-state index in [1.165, 1.54) is 6.07 Å². The van der Waals surface area contributed by atoms with E-state index in [1.54, 1.807) is 0 Å². The standard InChI is InChI=1S/C11H11F2N/c1-6(2)10-5-8-9(13)3-7(12)4-11(8)14-10/h3-4,6H,5H2,1-2H3. The highest BCUT2D eigenvalue weighted by molar-refractivity contribution is 5.95. The van der Waals surface area contributed by atoms with Crippen molar-refractivity contribution < 1.29 is 8.78 Å². The highest BCUT2D eigenvalue weighted by atomic mass is 19.1. The van der Waals surface area contributed by atoms with Crippen LogP contribution in [0.1, 0.15) is 19.4 Å². The molecule has 1 nitrogen and oxygen atoms in total. The lowest BCUT2D eigenvalue weighted by Gasteiger charge is -2.02. The van der Waals surface area contributed by atoms with E-state index in [0.717, 1.165) is 11.8 Å². The van der Waals surface area contributed by atoms with Crippen molar-refractivity contribution in [2.75, 3.05) is 0 Å². The van der Waals surface area contributed by atoms with E-state index in [0.29, 0.717) is 17.7 Å². The van der Waals surface area contributed by atoms with E-state index in [-0.39, 0.29) is 5.92 Å². The first kappa shape index (κ1) is 9.31. The first-order valence-corrected chi connectivity index (χ1v) is 4.63. The van der Waals surface area contributed by atoms with Crippen molar-refractivity contribution in [1.82, 2.24) is 0 Å². The van der Waals surface area contributed by atoms with E-state index in [4.69, 9.17) is 0 Å². The molecular formula is C11H11F2N. The number of aliphatic imine (C=N–C) groups is 1. The zero-order valence-electron chi connectivity index (χ0n) is 8.14. The molecule has 1 heterocycles. The van der Waals surface area contributed by atoms with Crippen LogP contribution < -0.4 is 0 Å². The van der Waals surface area contributed by atoms with Crippen molar-refractivity contribution >= 4 is 11.4 Å². The fourth-order valence-corrected chi connectivity index (χ4v) is 1.57. The Morgan fingerprint density at radius 1 is 1.29 bits per heavy atom. The largest absolute Gasteiger partial charge is 0.257 e. The topological polar surface area (TPSA) is 12.4 Å². The molecule has 1 aliphatic rings. The van der Waals surface area contributed by atoms with Gasteiger partial charge >= 0.3 is 0 Å². The van der Waals surface area contributed by atoms with Crippen molar-refractivity contribution in [2.45, 2.75) is 20.3 Å². The number of fused-ring (bicyclic) bond motifs is 1. The third kappa shape index (κ3) is 1.43. The van der Waals surface area contributed by atoms with Crippen molar-refractivity contribution in [3.05, 3.63) is 29.3 Å². The van der Waals surface area contributed by atoms with Crippen molar-refractivity contribution in [3.63, 3.8) is 0 Å². The quantitative estimate of drug-likeness (QED) is 0.652. The highest BCUT2D eigenvalue weighted by Crippen LogP contribution is 2.31. The molecule has 0 saturated heterocycles. The fourth-order valence-electron chi connectivity index (χ4n) is 1.57. The minimum Gasteiger partial charge on any atom is -0.257 e. The van der Waals surface area contributed by atoms with Crippen LogP contribution in [0, 0.1) is 17.6 Å². The number of hydrogen-bond acceptors (Lipinski definition) is 1. The monoisotopic (exact) mass is 195 g/mol. The Balaban J connectivity index is 2.46. The smallest absolute Gasteiger partial charge is 0.131 e. The van der Waals surface area contributed by atoms with Crippen LogP contribution in [-0.2, 0) is 6.42 Å². The molecule has 0 unspecified atom stereocenters. The van der Waals surface area contributed by atoms with Crippen LogP contribution >= 0.6 is 0 Å². The molecule has 0 amide bonds. The SMILES string of the molecule is CC(C)C1=Nc2cc(F)cc(F)c2C1. The molecule has 0 aromatic heterocycles. The van der Waals surface area contributed by atoms with Gasteiger partial charge in [-0.15, -0.1) is 0 Å². The summed E-state index contributed by atoms with van der Waals surface area (Å²) >= 11 is 0. The number of halogens is 2. The van der Waals surface area contributed by atoms with Crippen LogP contribution in [0.2, 0.25) is 0 Å². The van der Waals surface area contributed by atoms with Gasteiger partial charge in [-0.3, -0.25) is 4.99 Å². The second-order valence-corrected chi connectivity index (χ2v) is 3.82. The third-order valence-electron chi connectivity index (χ3n) is 2.43. The Kier molecular flexibility index (Phi) is 2.10. The van der Waals surface area contributed by atoms with Gasteiger partial charge in [0.2, 0.25) is 0 Å². The van der Waals surface area contributed by atoms with Gasteiger partial charge in [0, 0.05) is 23.8 Å². The molecule has 1 aromatic rings. The summed E-state index contributed by atoms with van der Waals surface area (Å²) in [7, 11) is 0. The molecule has 3 heteroatoms. The van der Waals surface area contributed by atoms with Crippen molar-refractivity contribution in [3.8, 4) is 0 Å². The van der Waals surface area contributed by atoms with Crippen LogP contribution in [0.3, 0.4) is 0 Å². The molecule has 0 aliphatic carbocycles. The highest BCUT2D eigenvalue weighted by Gasteiger charge is 2.21. The van der Waals surface area contributed by atoms with Gasteiger partial charge in [0.15, 0.2) is 0 Å². The predicted molar refractivity (Wildman–Crippen MR) is 52.0 cm³/mol. The third-order valence-corrected chi connectivity index (χ3v) is 2.43. The lowest BCUT2D eigenvalue weighted by molar-refractivity contribution is 0.577. The molecule has 0 fully saturated rings.